The van der Waals surface area contributed by atoms with Crippen LogP contribution in [0.2, 0.25) is 0 Å². The molecule has 5 nitrogen and oxygen atoms in total. The molecule has 3 unspecified atom stereocenters. The minimum atomic E-state index is 0.500. The molecule has 0 amide bonds. The van der Waals surface area contributed by atoms with E-state index in [9.17, 15) is 0 Å². The van der Waals surface area contributed by atoms with Crippen molar-refractivity contribution in [2.45, 2.75) is 12.8 Å². The van der Waals surface area contributed by atoms with Crippen LogP contribution in [-0.4, -0.2) is 31.7 Å². The lowest BCUT2D eigenvalue weighted by Gasteiger charge is -2.13. The van der Waals surface area contributed by atoms with Crippen LogP contribution in [0.1, 0.15) is 12.8 Å². The normalized spacial score (nSPS) is 23.6. The number of hydrogen-bond acceptors (Lipinski definition) is 5. The second-order valence-corrected chi connectivity index (χ2v) is 7.96. The van der Waals surface area contributed by atoms with E-state index in [-0.39, 0.29) is 0 Å². The smallest absolute Gasteiger partial charge is 0.206 e. The van der Waals surface area contributed by atoms with E-state index in [1.165, 1.54) is 12.8 Å². The zero-order valence-electron chi connectivity index (χ0n) is 16.2. The van der Waals surface area contributed by atoms with Crippen molar-refractivity contribution in [1.82, 2.24) is 4.68 Å². The average Bonchev–Trinajstić information content (AvgIpc) is 3.45. The van der Waals surface area contributed by atoms with E-state index in [0.717, 1.165) is 33.5 Å². The Bertz CT molecular complexity index is 986. The first-order valence-electron chi connectivity index (χ1n) is 9.50. The Morgan fingerprint density at radius 1 is 1.25 bits per heavy atom. The lowest BCUT2D eigenvalue weighted by Crippen LogP contribution is -2.15. The van der Waals surface area contributed by atoms with Crippen LogP contribution in [0, 0.1) is 17.8 Å². The van der Waals surface area contributed by atoms with Gasteiger partial charge < -0.3 is 9.47 Å². The molecular weight excluding hydrogens is 370 g/mol. The zero-order valence-corrected chi connectivity index (χ0v) is 17.1. The molecule has 0 radical (unpaired) electrons. The van der Waals surface area contributed by atoms with Crippen LogP contribution in [0.4, 0.5) is 0 Å². The molecule has 1 aromatic heterocycles. The molecule has 1 heterocycles. The first kappa shape index (κ1) is 18.7. The highest BCUT2D eigenvalue weighted by molar-refractivity contribution is 7.07. The van der Waals surface area contributed by atoms with E-state index in [1.54, 1.807) is 31.6 Å². The third kappa shape index (κ3) is 3.56. The van der Waals surface area contributed by atoms with Crippen molar-refractivity contribution in [2.75, 3.05) is 20.8 Å². The first-order chi connectivity index (χ1) is 13.7. The maximum Gasteiger partial charge on any atom is 0.206 e. The molecule has 0 N–H and O–H groups in total. The van der Waals surface area contributed by atoms with E-state index in [0.29, 0.717) is 18.4 Å². The van der Waals surface area contributed by atoms with Crippen molar-refractivity contribution >= 4 is 17.6 Å². The maximum absolute atomic E-state index is 5.61. The second kappa shape index (κ2) is 8.19. The summed E-state index contributed by atoms with van der Waals surface area (Å²) in [6.45, 7) is 4.34. The van der Waals surface area contributed by atoms with E-state index in [2.05, 4.69) is 35.3 Å². The highest BCUT2D eigenvalue weighted by Crippen LogP contribution is 2.42. The molecule has 0 aliphatic heterocycles. The van der Waals surface area contributed by atoms with E-state index < -0.39 is 0 Å². The summed E-state index contributed by atoms with van der Waals surface area (Å²) < 4.78 is 12.9. The fourth-order valence-electron chi connectivity index (χ4n) is 4.00. The zero-order chi connectivity index (χ0) is 19.5. The molecule has 3 atom stereocenters. The number of fused-ring (bicyclic) bond motifs is 2. The standard InChI is InChI=1S/C22H25N3O2S/c1-4-9-23-22-25(24-13-17-11-15-5-6-16(17)10-15)20(14-28-22)19-8-7-18(26-2)12-21(19)27-3/h4-8,12-17H,1,9-11H2,2-3H3. The van der Waals surface area contributed by atoms with Gasteiger partial charge in [-0.15, -0.1) is 17.9 Å². The van der Waals surface area contributed by atoms with Crippen molar-refractivity contribution in [3.63, 3.8) is 0 Å². The number of ether oxygens (including phenoxy) is 2. The van der Waals surface area contributed by atoms with Gasteiger partial charge in [-0.1, -0.05) is 18.2 Å². The molecule has 2 aromatic rings. The van der Waals surface area contributed by atoms with Gasteiger partial charge >= 0.3 is 0 Å². The minimum absolute atomic E-state index is 0.500. The van der Waals surface area contributed by atoms with E-state index in [1.807, 2.05) is 22.9 Å². The number of methoxy groups -OCH3 is 2. The minimum Gasteiger partial charge on any atom is -0.497 e. The van der Waals surface area contributed by atoms with Crippen LogP contribution in [-0.2, 0) is 0 Å². The lowest BCUT2D eigenvalue weighted by atomic mass is 9.95. The summed E-state index contributed by atoms with van der Waals surface area (Å²) in [5.74, 6) is 3.36. The van der Waals surface area contributed by atoms with Gasteiger partial charge in [-0.2, -0.15) is 5.10 Å². The number of nitrogens with zero attached hydrogens (tertiary/aromatic N) is 3. The summed E-state index contributed by atoms with van der Waals surface area (Å²) in [7, 11) is 3.32. The molecule has 1 fully saturated rings. The lowest BCUT2D eigenvalue weighted by molar-refractivity contribution is 0.395. The van der Waals surface area contributed by atoms with Gasteiger partial charge in [0.25, 0.3) is 0 Å². The Morgan fingerprint density at radius 3 is 2.82 bits per heavy atom. The Morgan fingerprint density at radius 2 is 2.14 bits per heavy atom. The molecule has 6 heteroatoms. The summed E-state index contributed by atoms with van der Waals surface area (Å²) in [6, 6.07) is 5.83. The summed E-state index contributed by atoms with van der Waals surface area (Å²) >= 11 is 1.57. The Labute approximate surface area is 169 Å². The van der Waals surface area contributed by atoms with Gasteiger partial charge in [0.15, 0.2) is 0 Å². The van der Waals surface area contributed by atoms with Crippen LogP contribution in [0.15, 0.2) is 58.5 Å². The highest BCUT2D eigenvalue weighted by atomic mass is 32.1. The van der Waals surface area contributed by atoms with Gasteiger partial charge in [0, 0.05) is 29.1 Å². The van der Waals surface area contributed by atoms with Crippen molar-refractivity contribution < 1.29 is 9.47 Å². The summed E-state index contributed by atoms with van der Waals surface area (Å²) in [5.41, 5.74) is 1.92. The number of thiazole rings is 1. The molecule has 4 rings (SSSR count). The SMILES string of the molecule is C=CCN=c1scc(-c2ccc(OC)cc2OC)n1N=CC1CC2C=CC1C2. The third-order valence-corrected chi connectivity index (χ3v) is 6.28. The summed E-state index contributed by atoms with van der Waals surface area (Å²) in [4.78, 5) is 5.47. The van der Waals surface area contributed by atoms with Gasteiger partial charge in [0.2, 0.25) is 4.80 Å². The van der Waals surface area contributed by atoms with Crippen molar-refractivity contribution in [3.8, 4) is 22.8 Å². The monoisotopic (exact) mass is 395 g/mol. The Kier molecular flexibility index (Phi) is 5.48. The number of rotatable bonds is 7. The number of hydrogen-bond donors (Lipinski definition) is 0. The van der Waals surface area contributed by atoms with Gasteiger partial charge in [-0.3, -0.25) is 4.99 Å². The summed E-state index contributed by atoms with van der Waals surface area (Å²) in [6.07, 6.45) is 11.0. The quantitative estimate of drug-likeness (QED) is 0.516. The van der Waals surface area contributed by atoms with Gasteiger partial charge in [-0.25, -0.2) is 4.68 Å². The van der Waals surface area contributed by atoms with Crippen molar-refractivity contribution in [3.05, 3.63) is 53.2 Å². The Balaban J connectivity index is 1.75. The van der Waals surface area contributed by atoms with Crippen LogP contribution in [0.3, 0.4) is 0 Å². The molecule has 1 aromatic carbocycles. The molecule has 2 aliphatic carbocycles. The topological polar surface area (TPSA) is 48.1 Å². The number of benzene rings is 1. The average molecular weight is 396 g/mol. The predicted molar refractivity (Wildman–Crippen MR) is 114 cm³/mol. The number of allylic oxidation sites excluding steroid dienone is 2. The molecule has 1 saturated carbocycles. The molecule has 146 valence electrons. The molecule has 0 saturated heterocycles. The molecule has 28 heavy (non-hydrogen) atoms. The molecular formula is C22H25N3O2S. The fraction of sp³-hybridized carbons (Fsp3) is 0.364. The maximum atomic E-state index is 5.61. The van der Waals surface area contributed by atoms with Crippen LogP contribution in [0.25, 0.3) is 11.3 Å². The van der Waals surface area contributed by atoms with Crippen LogP contribution < -0.4 is 14.3 Å². The van der Waals surface area contributed by atoms with Gasteiger partial charge in [0.05, 0.1) is 26.5 Å². The largest absolute Gasteiger partial charge is 0.497 e. The molecule has 2 bridgehead atoms. The van der Waals surface area contributed by atoms with Crippen LogP contribution in [0.5, 0.6) is 11.5 Å². The van der Waals surface area contributed by atoms with E-state index >= 15 is 0 Å². The fourth-order valence-corrected chi connectivity index (χ4v) is 4.84. The predicted octanol–water partition coefficient (Wildman–Crippen LogP) is 4.37. The highest BCUT2D eigenvalue weighted by Gasteiger charge is 2.34. The molecule has 2 aliphatic rings. The van der Waals surface area contributed by atoms with Crippen molar-refractivity contribution in [2.24, 2.45) is 27.8 Å². The molecule has 0 spiro atoms. The van der Waals surface area contributed by atoms with Gasteiger partial charge in [0.1, 0.15) is 11.5 Å². The Hall–Kier alpha value is -2.60. The van der Waals surface area contributed by atoms with E-state index in [4.69, 9.17) is 14.6 Å². The first-order valence-corrected chi connectivity index (χ1v) is 10.4. The van der Waals surface area contributed by atoms with Crippen molar-refractivity contribution in [1.29, 1.82) is 0 Å². The number of aromatic nitrogens is 1. The summed E-state index contributed by atoms with van der Waals surface area (Å²) in [5, 5.41) is 6.94. The third-order valence-electron chi connectivity index (χ3n) is 5.43. The van der Waals surface area contributed by atoms with Crippen LogP contribution >= 0.6 is 11.3 Å². The van der Waals surface area contributed by atoms with Gasteiger partial charge in [-0.05, 0) is 36.8 Å². The second-order valence-electron chi connectivity index (χ2n) is 7.12.